The van der Waals surface area contributed by atoms with Gasteiger partial charge in [-0.25, -0.2) is 0 Å². The molecule has 0 aliphatic heterocycles. The van der Waals surface area contributed by atoms with Gasteiger partial charge in [-0.15, -0.1) is 4.72 Å². The van der Waals surface area contributed by atoms with Crippen LogP contribution >= 0.6 is 0 Å². The molecule has 0 aliphatic rings. The molecule has 0 amide bonds. The maximum Gasteiger partial charge on any atom is 0.131 e. The molecule has 3 heteroatoms. The highest BCUT2D eigenvalue weighted by atomic mass is 32.2. The largest absolute Gasteiger partial charge is 0.593 e. The molecule has 0 saturated carbocycles. The van der Waals surface area contributed by atoms with E-state index in [0.29, 0.717) is 0 Å². The van der Waals surface area contributed by atoms with E-state index in [1.54, 1.807) is 0 Å². The molecule has 2 nitrogen and oxygen atoms in total. The maximum atomic E-state index is 10.3. The van der Waals surface area contributed by atoms with Crippen LogP contribution < -0.4 is 4.72 Å². The summed E-state index contributed by atoms with van der Waals surface area (Å²) in [7, 11) is 0. The van der Waals surface area contributed by atoms with Gasteiger partial charge in [0.15, 0.2) is 0 Å². The molecule has 7 heavy (non-hydrogen) atoms. The predicted octanol–water partition coefficient (Wildman–Crippen LogP) is 0.403. The summed E-state index contributed by atoms with van der Waals surface area (Å²) in [5.74, 6) is 0. The van der Waals surface area contributed by atoms with Gasteiger partial charge in [0, 0.05) is 6.54 Å². The van der Waals surface area contributed by atoms with E-state index in [9.17, 15) is 4.55 Å². The third kappa shape index (κ3) is 3.85. The molecule has 0 rings (SSSR count). The highest BCUT2D eigenvalue weighted by Crippen LogP contribution is 1.79. The van der Waals surface area contributed by atoms with Crippen LogP contribution in [0.3, 0.4) is 0 Å². The number of nitrogens with one attached hydrogen (secondary N) is 1. The molecule has 1 unspecified atom stereocenters. The topological polar surface area (TPSA) is 35.1 Å². The molecular weight excluding hydrogens is 110 g/mol. The molecule has 0 saturated heterocycles. The first-order chi connectivity index (χ1) is 3.31. The van der Waals surface area contributed by atoms with Crippen molar-refractivity contribution in [2.24, 2.45) is 0 Å². The van der Waals surface area contributed by atoms with E-state index in [2.05, 4.69) is 11.3 Å². The van der Waals surface area contributed by atoms with Crippen LogP contribution in [0.15, 0.2) is 12.0 Å². The van der Waals surface area contributed by atoms with Crippen LogP contribution in [-0.2, 0) is 11.4 Å². The third-order valence-electron chi connectivity index (χ3n) is 0.438. The minimum absolute atomic E-state index is 0.721. The molecule has 0 aromatic carbocycles. The first kappa shape index (κ1) is 7.01. The van der Waals surface area contributed by atoms with Crippen molar-refractivity contribution < 1.29 is 4.55 Å². The molecule has 42 valence electrons. The zero-order valence-corrected chi connectivity index (χ0v) is 5.12. The lowest BCUT2D eigenvalue weighted by Gasteiger charge is -2.00. The zero-order valence-electron chi connectivity index (χ0n) is 4.31. The van der Waals surface area contributed by atoms with E-state index in [1.807, 2.05) is 6.92 Å². The monoisotopic (exact) mass is 119 g/mol. The average Bonchev–Trinajstić information content (AvgIpc) is 1.68. The molecule has 0 bridgehead atoms. The van der Waals surface area contributed by atoms with Crippen molar-refractivity contribution in [3.05, 3.63) is 12.0 Å². The van der Waals surface area contributed by atoms with Crippen LogP contribution in [0.4, 0.5) is 0 Å². The van der Waals surface area contributed by atoms with Gasteiger partial charge in [0.05, 0.1) is 11.4 Å². The summed E-state index contributed by atoms with van der Waals surface area (Å²) in [5.41, 5.74) is 0. The van der Waals surface area contributed by atoms with E-state index >= 15 is 0 Å². The minimum atomic E-state index is -1.01. The van der Waals surface area contributed by atoms with Gasteiger partial charge in [-0.2, -0.15) is 0 Å². The second kappa shape index (κ2) is 4.18. The van der Waals surface area contributed by atoms with Crippen LogP contribution in [0.25, 0.3) is 0 Å². The molecule has 0 radical (unpaired) electrons. The highest BCUT2D eigenvalue weighted by molar-refractivity contribution is 7.92. The molecule has 0 aromatic rings. The third-order valence-corrected chi connectivity index (χ3v) is 1.31. The van der Waals surface area contributed by atoms with Gasteiger partial charge >= 0.3 is 0 Å². The van der Waals surface area contributed by atoms with Crippen LogP contribution in [0.1, 0.15) is 6.92 Å². The molecule has 0 fully saturated rings. The molecule has 0 aromatic heterocycles. The number of hydrogen-bond donors (Lipinski definition) is 1. The quantitative estimate of drug-likeness (QED) is 0.546. The van der Waals surface area contributed by atoms with Crippen molar-refractivity contribution in [2.45, 2.75) is 6.92 Å². The van der Waals surface area contributed by atoms with E-state index in [-0.39, 0.29) is 0 Å². The molecular formula is C4H9NOS. The van der Waals surface area contributed by atoms with Gasteiger partial charge in [-0.05, 0) is 13.5 Å². The molecule has 0 heterocycles. The van der Waals surface area contributed by atoms with E-state index in [4.69, 9.17) is 0 Å². The number of rotatable bonds is 3. The fourth-order valence-electron chi connectivity index (χ4n) is 0.201. The molecule has 0 spiro atoms. The Morgan fingerprint density at radius 3 is 2.71 bits per heavy atom. The van der Waals surface area contributed by atoms with Crippen LogP contribution in [0.2, 0.25) is 0 Å². The zero-order chi connectivity index (χ0) is 5.70. The minimum Gasteiger partial charge on any atom is -0.593 e. The fraction of sp³-hybridized carbons (Fsp3) is 0.500. The Kier molecular flexibility index (Phi) is 4.18. The maximum absolute atomic E-state index is 10.3. The van der Waals surface area contributed by atoms with E-state index in [0.717, 1.165) is 6.54 Å². The Balaban J connectivity index is 2.98. The summed E-state index contributed by atoms with van der Waals surface area (Å²) in [6.45, 7) is 5.93. The lowest BCUT2D eigenvalue weighted by Crippen LogP contribution is -2.19. The normalized spacial score (nSPS) is 13.4. The Labute approximate surface area is 46.9 Å². The van der Waals surface area contributed by atoms with Crippen LogP contribution in [0.5, 0.6) is 0 Å². The summed E-state index contributed by atoms with van der Waals surface area (Å²) in [4.78, 5) is 0. The van der Waals surface area contributed by atoms with Gasteiger partial charge < -0.3 is 4.55 Å². The van der Waals surface area contributed by atoms with Crippen LogP contribution in [0, 0.1) is 0 Å². The smallest absolute Gasteiger partial charge is 0.131 e. The average molecular weight is 119 g/mol. The summed E-state index contributed by atoms with van der Waals surface area (Å²) in [5, 5.41) is 1.36. The van der Waals surface area contributed by atoms with Gasteiger partial charge in [-0.3, -0.25) is 0 Å². The summed E-state index contributed by atoms with van der Waals surface area (Å²) in [6.07, 6.45) is 0. The standard InChI is InChI=1S/C4H9NOS/c1-3-5-7(6)4-2/h4-5H,2-3H2,1H3. The van der Waals surface area contributed by atoms with E-state index in [1.165, 1.54) is 5.41 Å². The fourth-order valence-corrected chi connectivity index (χ4v) is 0.604. The lowest BCUT2D eigenvalue weighted by molar-refractivity contribution is 0.592. The molecule has 1 atom stereocenters. The van der Waals surface area contributed by atoms with Gasteiger partial charge in [-0.1, -0.05) is 0 Å². The van der Waals surface area contributed by atoms with Crippen molar-refractivity contribution in [2.75, 3.05) is 6.54 Å². The van der Waals surface area contributed by atoms with Gasteiger partial charge in [0.2, 0.25) is 0 Å². The highest BCUT2D eigenvalue weighted by Gasteiger charge is 1.90. The second-order valence-corrected chi connectivity index (χ2v) is 2.18. The lowest BCUT2D eigenvalue weighted by atomic mass is 10.8. The summed E-state index contributed by atoms with van der Waals surface area (Å²) in [6, 6.07) is 0. The molecule has 0 aliphatic carbocycles. The van der Waals surface area contributed by atoms with Crippen molar-refractivity contribution in [3.8, 4) is 0 Å². The van der Waals surface area contributed by atoms with Crippen molar-refractivity contribution in [3.63, 3.8) is 0 Å². The van der Waals surface area contributed by atoms with E-state index < -0.39 is 11.4 Å². The Morgan fingerprint density at radius 2 is 2.57 bits per heavy atom. The van der Waals surface area contributed by atoms with Crippen molar-refractivity contribution in [1.82, 2.24) is 4.72 Å². The summed E-state index contributed by atoms with van der Waals surface area (Å²) < 4.78 is 12.9. The second-order valence-electron chi connectivity index (χ2n) is 0.962. The number of hydrogen-bond acceptors (Lipinski definition) is 2. The SMILES string of the molecule is C=C[S+]([O-])NCC. The first-order valence-corrected chi connectivity index (χ1v) is 3.29. The summed E-state index contributed by atoms with van der Waals surface area (Å²) >= 11 is -1.01. The Morgan fingerprint density at radius 1 is 2.00 bits per heavy atom. The van der Waals surface area contributed by atoms with Gasteiger partial charge in [0.1, 0.15) is 5.41 Å². The van der Waals surface area contributed by atoms with Gasteiger partial charge in [0.25, 0.3) is 0 Å². The van der Waals surface area contributed by atoms with Crippen molar-refractivity contribution in [1.29, 1.82) is 0 Å². The van der Waals surface area contributed by atoms with Crippen molar-refractivity contribution >= 4 is 11.4 Å². The Bertz CT molecular complexity index is 57.7. The Hall–Kier alpha value is 0.01000. The first-order valence-electron chi connectivity index (χ1n) is 2.08. The van der Waals surface area contributed by atoms with Crippen LogP contribution in [-0.4, -0.2) is 11.1 Å². The predicted molar refractivity (Wildman–Crippen MR) is 32.0 cm³/mol. The molecule has 1 N–H and O–H groups in total.